The molecule has 0 saturated carbocycles. The molecule has 1 saturated heterocycles. The van der Waals surface area contributed by atoms with Gasteiger partial charge in [-0.05, 0) is 82.4 Å². The summed E-state index contributed by atoms with van der Waals surface area (Å²) in [7, 11) is 0.393. The Hall–Kier alpha value is -2.08. The Kier molecular flexibility index (Phi) is 9.48. The standard InChI is InChI=1S/C25H32N4O4S2.ClH/c1-18-16-19(2)23-22(17-18)34-25(26-23)29(11-5-10-27(3)4)24(30)20-6-8-21(9-7-20)35(31,32)28-12-14-33-15-13-28;/h6-9,16-17H,5,10-15H2,1-4H3;1H. The monoisotopic (exact) mass is 552 g/mol. The summed E-state index contributed by atoms with van der Waals surface area (Å²) in [5.74, 6) is -0.187. The van der Waals surface area contributed by atoms with Gasteiger partial charge in [0.1, 0.15) is 0 Å². The molecule has 0 bridgehead atoms. The van der Waals surface area contributed by atoms with E-state index in [1.807, 2.05) is 21.0 Å². The predicted octanol–water partition coefficient (Wildman–Crippen LogP) is 3.95. The molecule has 0 atom stereocenters. The number of morpholine rings is 1. The van der Waals surface area contributed by atoms with Crippen LogP contribution in [0.25, 0.3) is 10.2 Å². The van der Waals surface area contributed by atoms with E-state index < -0.39 is 10.0 Å². The molecule has 2 heterocycles. The Morgan fingerprint density at radius 3 is 2.39 bits per heavy atom. The van der Waals surface area contributed by atoms with Gasteiger partial charge in [-0.1, -0.05) is 17.4 Å². The van der Waals surface area contributed by atoms with Gasteiger partial charge >= 0.3 is 0 Å². The van der Waals surface area contributed by atoms with E-state index in [4.69, 9.17) is 9.72 Å². The quantitative estimate of drug-likeness (QED) is 0.421. The maximum atomic E-state index is 13.6. The molecule has 36 heavy (non-hydrogen) atoms. The number of nitrogens with zero attached hydrogens (tertiary/aromatic N) is 4. The van der Waals surface area contributed by atoms with Gasteiger partial charge in [-0.3, -0.25) is 9.69 Å². The third kappa shape index (κ3) is 6.24. The number of ether oxygens (including phenoxy) is 1. The molecule has 1 aliphatic heterocycles. The second kappa shape index (κ2) is 12.0. The van der Waals surface area contributed by atoms with Gasteiger partial charge in [-0.15, -0.1) is 12.4 Å². The van der Waals surface area contributed by atoms with Crippen LogP contribution in [0.15, 0.2) is 41.3 Å². The van der Waals surface area contributed by atoms with E-state index in [9.17, 15) is 13.2 Å². The summed E-state index contributed by atoms with van der Waals surface area (Å²) in [6, 6.07) is 10.4. The number of rotatable bonds is 8. The Balaban J connectivity index is 0.00000361. The molecule has 1 aliphatic rings. The topological polar surface area (TPSA) is 83.1 Å². The number of hydrogen-bond acceptors (Lipinski definition) is 7. The van der Waals surface area contributed by atoms with Crippen molar-refractivity contribution in [2.45, 2.75) is 25.2 Å². The first-order valence-electron chi connectivity index (χ1n) is 11.7. The minimum absolute atomic E-state index is 0. The van der Waals surface area contributed by atoms with Crippen LogP contribution < -0.4 is 4.90 Å². The van der Waals surface area contributed by atoms with Gasteiger partial charge in [0.15, 0.2) is 5.13 Å². The van der Waals surface area contributed by atoms with Gasteiger partial charge < -0.3 is 9.64 Å². The van der Waals surface area contributed by atoms with E-state index >= 15 is 0 Å². The first-order valence-corrected chi connectivity index (χ1v) is 13.9. The molecule has 1 amide bonds. The molecule has 0 radical (unpaired) electrons. The third-order valence-electron chi connectivity index (χ3n) is 5.99. The van der Waals surface area contributed by atoms with Crippen molar-refractivity contribution in [3.8, 4) is 0 Å². The minimum atomic E-state index is -3.61. The van der Waals surface area contributed by atoms with Crippen LogP contribution >= 0.6 is 23.7 Å². The van der Waals surface area contributed by atoms with Gasteiger partial charge in [0, 0.05) is 25.2 Å². The van der Waals surface area contributed by atoms with Gasteiger partial charge in [0.2, 0.25) is 10.0 Å². The molecule has 0 unspecified atom stereocenters. The van der Waals surface area contributed by atoms with Gasteiger partial charge in [0.05, 0.1) is 28.3 Å². The van der Waals surface area contributed by atoms with Crippen LogP contribution in [0.3, 0.4) is 0 Å². The average Bonchev–Trinajstić information content (AvgIpc) is 3.26. The molecule has 2 aromatic carbocycles. The van der Waals surface area contributed by atoms with E-state index in [1.165, 1.54) is 27.8 Å². The number of hydrogen-bond donors (Lipinski definition) is 0. The fraction of sp³-hybridized carbons (Fsp3) is 0.440. The van der Waals surface area contributed by atoms with Crippen molar-refractivity contribution in [2.24, 2.45) is 0 Å². The number of anilines is 1. The van der Waals surface area contributed by atoms with Crippen LogP contribution in [-0.2, 0) is 14.8 Å². The number of amides is 1. The summed E-state index contributed by atoms with van der Waals surface area (Å²) in [6.45, 7) is 6.88. The van der Waals surface area contributed by atoms with Crippen molar-refractivity contribution in [3.63, 3.8) is 0 Å². The number of carbonyl (C=O) groups is 1. The van der Waals surface area contributed by atoms with Crippen molar-refractivity contribution in [2.75, 3.05) is 58.4 Å². The number of thiazole rings is 1. The van der Waals surface area contributed by atoms with Crippen molar-refractivity contribution in [3.05, 3.63) is 53.1 Å². The first-order chi connectivity index (χ1) is 16.7. The first kappa shape index (κ1) is 28.5. The van der Waals surface area contributed by atoms with Crippen LogP contribution in [-0.4, -0.2) is 82.0 Å². The molecule has 0 aliphatic carbocycles. The zero-order valence-electron chi connectivity index (χ0n) is 21.1. The zero-order chi connectivity index (χ0) is 25.2. The molecule has 8 nitrogen and oxygen atoms in total. The van der Waals surface area contributed by atoms with Crippen LogP contribution in [0.1, 0.15) is 27.9 Å². The number of benzene rings is 2. The number of fused-ring (bicyclic) bond motifs is 1. The highest BCUT2D eigenvalue weighted by Gasteiger charge is 2.27. The molecule has 11 heteroatoms. The van der Waals surface area contributed by atoms with Gasteiger partial charge in [-0.25, -0.2) is 13.4 Å². The Bertz CT molecular complexity index is 1300. The van der Waals surface area contributed by atoms with Gasteiger partial charge in [0.25, 0.3) is 5.91 Å². The third-order valence-corrected chi connectivity index (χ3v) is 8.93. The Morgan fingerprint density at radius 1 is 1.08 bits per heavy atom. The molecule has 1 fully saturated rings. The lowest BCUT2D eigenvalue weighted by Gasteiger charge is -2.26. The highest BCUT2D eigenvalue weighted by Crippen LogP contribution is 2.32. The fourth-order valence-electron chi connectivity index (χ4n) is 4.16. The molecule has 4 rings (SSSR count). The summed E-state index contributed by atoms with van der Waals surface area (Å²) in [4.78, 5) is 22.4. The summed E-state index contributed by atoms with van der Waals surface area (Å²) in [5.41, 5.74) is 3.59. The predicted molar refractivity (Wildman–Crippen MR) is 147 cm³/mol. The highest BCUT2D eigenvalue weighted by molar-refractivity contribution is 7.89. The molecule has 0 N–H and O–H groups in total. The second-order valence-electron chi connectivity index (χ2n) is 9.08. The summed E-state index contributed by atoms with van der Waals surface area (Å²) in [6.07, 6.45) is 0.788. The minimum Gasteiger partial charge on any atom is -0.379 e. The van der Waals surface area contributed by atoms with Crippen molar-refractivity contribution in [1.29, 1.82) is 0 Å². The SMILES string of the molecule is Cc1cc(C)c2nc(N(CCCN(C)C)C(=O)c3ccc(S(=O)(=O)N4CCOCC4)cc3)sc2c1.Cl. The largest absolute Gasteiger partial charge is 0.379 e. The van der Waals surface area contributed by atoms with Crippen LogP contribution in [0.4, 0.5) is 5.13 Å². The van der Waals surface area contributed by atoms with Crippen LogP contribution in [0.5, 0.6) is 0 Å². The Morgan fingerprint density at radius 2 is 1.75 bits per heavy atom. The van der Waals surface area contributed by atoms with E-state index in [2.05, 4.69) is 24.0 Å². The maximum absolute atomic E-state index is 13.6. The molecule has 0 spiro atoms. The van der Waals surface area contributed by atoms with E-state index in [0.29, 0.717) is 43.5 Å². The van der Waals surface area contributed by atoms with Crippen LogP contribution in [0.2, 0.25) is 0 Å². The zero-order valence-corrected chi connectivity index (χ0v) is 23.5. The highest BCUT2D eigenvalue weighted by atomic mass is 35.5. The molecule has 1 aromatic heterocycles. The van der Waals surface area contributed by atoms with Crippen molar-refractivity contribution >= 4 is 55.0 Å². The molecular weight excluding hydrogens is 520 g/mol. The smallest absolute Gasteiger partial charge is 0.260 e. The average molecular weight is 553 g/mol. The normalized spacial score (nSPS) is 14.7. The number of aryl methyl sites for hydroxylation is 2. The van der Waals surface area contributed by atoms with Crippen LogP contribution in [0, 0.1) is 13.8 Å². The van der Waals surface area contributed by atoms with Crippen molar-refractivity contribution in [1.82, 2.24) is 14.2 Å². The number of sulfonamides is 1. The molecule has 3 aromatic rings. The fourth-order valence-corrected chi connectivity index (χ4v) is 6.74. The lowest BCUT2D eigenvalue weighted by atomic mass is 10.1. The summed E-state index contributed by atoms with van der Waals surface area (Å²) >= 11 is 1.51. The summed E-state index contributed by atoms with van der Waals surface area (Å²) < 4.78 is 33.6. The van der Waals surface area contributed by atoms with E-state index in [0.717, 1.165) is 34.3 Å². The number of halogens is 1. The molecule has 196 valence electrons. The Labute approximate surface area is 223 Å². The lowest BCUT2D eigenvalue weighted by molar-refractivity contribution is 0.0730. The van der Waals surface area contributed by atoms with E-state index in [-0.39, 0.29) is 23.2 Å². The van der Waals surface area contributed by atoms with E-state index in [1.54, 1.807) is 17.0 Å². The second-order valence-corrected chi connectivity index (χ2v) is 12.0. The molecular formula is C25H33ClN4O4S2. The maximum Gasteiger partial charge on any atom is 0.260 e. The summed E-state index contributed by atoms with van der Waals surface area (Å²) in [5, 5.41) is 0.655. The number of carbonyl (C=O) groups excluding carboxylic acids is 1. The van der Waals surface area contributed by atoms with Gasteiger partial charge in [-0.2, -0.15) is 4.31 Å². The number of aromatic nitrogens is 1. The lowest BCUT2D eigenvalue weighted by Crippen LogP contribution is -2.40. The van der Waals surface area contributed by atoms with Crippen molar-refractivity contribution < 1.29 is 17.9 Å².